The van der Waals surface area contributed by atoms with Crippen LogP contribution in [0.25, 0.3) is 0 Å². The molecule has 2 rings (SSSR count). The summed E-state index contributed by atoms with van der Waals surface area (Å²) >= 11 is 0. The summed E-state index contributed by atoms with van der Waals surface area (Å²) in [7, 11) is 0. The van der Waals surface area contributed by atoms with Gasteiger partial charge < -0.3 is 16.4 Å². The Bertz CT molecular complexity index is 688. The van der Waals surface area contributed by atoms with Crippen molar-refractivity contribution < 1.29 is 4.79 Å². The number of amides is 1. The van der Waals surface area contributed by atoms with E-state index in [4.69, 9.17) is 5.73 Å². The molecule has 0 atom stereocenters. The number of aryl methyl sites for hydroxylation is 2. The van der Waals surface area contributed by atoms with E-state index in [0.717, 1.165) is 24.2 Å². The Hall–Kier alpha value is -2.82. The summed E-state index contributed by atoms with van der Waals surface area (Å²) in [6, 6.07) is 15.5. The standard InChI is InChI=1S/C19H24N4O/c1-3-14-9-8-10-15(4-2)18(14)23-19(20)21-13-17(24)22-16-11-6-5-7-12-16/h5-12H,3-4,13H2,1-2H3,(H,22,24)(H3,20,21,23). The molecule has 5 heteroatoms. The molecule has 0 radical (unpaired) electrons. The van der Waals surface area contributed by atoms with E-state index in [1.807, 2.05) is 36.4 Å². The molecule has 0 spiro atoms. The van der Waals surface area contributed by atoms with Gasteiger partial charge in [0.15, 0.2) is 5.96 Å². The smallest absolute Gasteiger partial charge is 0.246 e. The summed E-state index contributed by atoms with van der Waals surface area (Å²) in [4.78, 5) is 16.1. The molecule has 0 aliphatic carbocycles. The monoisotopic (exact) mass is 324 g/mol. The Balaban J connectivity index is 2.00. The molecule has 1 amide bonds. The van der Waals surface area contributed by atoms with E-state index in [2.05, 4.69) is 41.6 Å². The summed E-state index contributed by atoms with van der Waals surface area (Å²) in [5.74, 6) is 0.0410. The number of anilines is 2. The summed E-state index contributed by atoms with van der Waals surface area (Å²) in [5, 5.41) is 5.92. The minimum atomic E-state index is -0.203. The van der Waals surface area contributed by atoms with Crippen LogP contribution in [0.2, 0.25) is 0 Å². The molecule has 0 saturated carbocycles. The number of rotatable bonds is 6. The van der Waals surface area contributed by atoms with Crippen LogP contribution >= 0.6 is 0 Å². The van der Waals surface area contributed by atoms with E-state index in [-0.39, 0.29) is 18.4 Å². The highest BCUT2D eigenvalue weighted by molar-refractivity contribution is 5.97. The van der Waals surface area contributed by atoms with E-state index in [0.29, 0.717) is 0 Å². The minimum absolute atomic E-state index is 0.0243. The number of nitrogens with two attached hydrogens (primary N) is 1. The molecule has 0 aliphatic heterocycles. The maximum atomic E-state index is 11.9. The number of hydrogen-bond acceptors (Lipinski definition) is 2. The van der Waals surface area contributed by atoms with Crippen LogP contribution in [-0.4, -0.2) is 18.4 Å². The molecule has 24 heavy (non-hydrogen) atoms. The zero-order chi connectivity index (χ0) is 17.4. The highest BCUT2D eigenvalue weighted by Crippen LogP contribution is 2.22. The molecule has 0 heterocycles. The first kappa shape index (κ1) is 17.5. The van der Waals surface area contributed by atoms with Crippen LogP contribution in [-0.2, 0) is 17.6 Å². The van der Waals surface area contributed by atoms with Crippen LogP contribution in [0.3, 0.4) is 0 Å². The fourth-order valence-electron chi connectivity index (χ4n) is 2.45. The van der Waals surface area contributed by atoms with Gasteiger partial charge in [-0.1, -0.05) is 50.2 Å². The summed E-state index contributed by atoms with van der Waals surface area (Å²) < 4.78 is 0. The molecular weight excluding hydrogens is 300 g/mol. The van der Waals surface area contributed by atoms with Crippen molar-refractivity contribution in [1.82, 2.24) is 0 Å². The summed E-state index contributed by atoms with van der Waals surface area (Å²) in [6.07, 6.45) is 1.80. The van der Waals surface area contributed by atoms with Crippen molar-refractivity contribution in [2.45, 2.75) is 26.7 Å². The zero-order valence-corrected chi connectivity index (χ0v) is 14.2. The van der Waals surface area contributed by atoms with Crippen molar-refractivity contribution in [3.05, 3.63) is 59.7 Å². The number of benzene rings is 2. The van der Waals surface area contributed by atoms with Gasteiger partial charge in [-0.25, -0.2) is 4.99 Å². The van der Waals surface area contributed by atoms with Crippen molar-refractivity contribution in [2.75, 3.05) is 17.2 Å². The van der Waals surface area contributed by atoms with Crippen LogP contribution in [0.4, 0.5) is 11.4 Å². The van der Waals surface area contributed by atoms with Gasteiger partial charge in [-0.15, -0.1) is 0 Å². The highest BCUT2D eigenvalue weighted by atomic mass is 16.1. The number of hydrogen-bond donors (Lipinski definition) is 3. The third-order valence-corrected chi connectivity index (χ3v) is 3.70. The number of aliphatic imine (C=N–C) groups is 1. The molecule has 126 valence electrons. The quantitative estimate of drug-likeness (QED) is 0.564. The average molecular weight is 324 g/mol. The average Bonchev–Trinajstić information content (AvgIpc) is 2.61. The van der Waals surface area contributed by atoms with E-state index < -0.39 is 0 Å². The van der Waals surface area contributed by atoms with E-state index >= 15 is 0 Å². The number of para-hydroxylation sites is 2. The van der Waals surface area contributed by atoms with Crippen molar-refractivity contribution in [3.8, 4) is 0 Å². The van der Waals surface area contributed by atoms with Gasteiger partial charge in [0.2, 0.25) is 5.91 Å². The minimum Gasteiger partial charge on any atom is -0.370 e. The Morgan fingerprint density at radius 1 is 0.958 bits per heavy atom. The first-order chi connectivity index (χ1) is 11.6. The number of guanidine groups is 1. The Labute approximate surface area is 143 Å². The number of nitrogens with one attached hydrogen (secondary N) is 2. The Morgan fingerprint density at radius 3 is 2.17 bits per heavy atom. The fourth-order valence-corrected chi connectivity index (χ4v) is 2.45. The molecule has 0 bridgehead atoms. The first-order valence-electron chi connectivity index (χ1n) is 8.16. The molecule has 0 aliphatic rings. The first-order valence-corrected chi connectivity index (χ1v) is 8.16. The third kappa shape index (κ3) is 4.84. The van der Waals surface area contributed by atoms with Crippen LogP contribution in [0.5, 0.6) is 0 Å². The summed E-state index contributed by atoms with van der Waals surface area (Å²) in [6.45, 7) is 4.17. The van der Waals surface area contributed by atoms with Gasteiger partial charge >= 0.3 is 0 Å². The molecule has 5 nitrogen and oxygen atoms in total. The second kappa shape index (κ2) is 8.72. The maximum absolute atomic E-state index is 11.9. The molecule has 0 aromatic heterocycles. The van der Waals surface area contributed by atoms with Gasteiger partial charge in [0.1, 0.15) is 6.54 Å². The van der Waals surface area contributed by atoms with E-state index in [1.54, 1.807) is 0 Å². The van der Waals surface area contributed by atoms with Crippen molar-refractivity contribution >= 4 is 23.2 Å². The lowest BCUT2D eigenvalue weighted by molar-refractivity contribution is -0.114. The van der Waals surface area contributed by atoms with Crippen LogP contribution in [0, 0.1) is 0 Å². The van der Waals surface area contributed by atoms with Crippen LogP contribution in [0.1, 0.15) is 25.0 Å². The second-order valence-electron chi connectivity index (χ2n) is 5.40. The summed E-state index contributed by atoms with van der Waals surface area (Å²) in [5.41, 5.74) is 10.1. The number of carbonyl (C=O) groups is 1. The van der Waals surface area contributed by atoms with Gasteiger partial charge in [0, 0.05) is 11.4 Å². The topological polar surface area (TPSA) is 79.5 Å². The molecule has 2 aromatic carbocycles. The van der Waals surface area contributed by atoms with Gasteiger partial charge in [0.25, 0.3) is 0 Å². The lowest BCUT2D eigenvalue weighted by Gasteiger charge is -2.14. The second-order valence-corrected chi connectivity index (χ2v) is 5.40. The predicted octanol–water partition coefficient (Wildman–Crippen LogP) is 3.18. The van der Waals surface area contributed by atoms with Crippen LogP contribution < -0.4 is 16.4 Å². The third-order valence-electron chi connectivity index (χ3n) is 3.70. The van der Waals surface area contributed by atoms with Gasteiger partial charge in [-0.2, -0.15) is 0 Å². The highest BCUT2D eigenvalue weighted by Gasteiger charge is 2.07. The molecule has 0 saturated heterocycles. The lowest BCUT2D eigenvalue weighted by Crippen LogP contribution is -2.26. The van der Waals surface area contributed by atoms with Crippen molar-refractivity contribution in [2.24, 2.45) is 10.7 Å². The molecule has 0 unspecified atom stereocenters. The molecule has 4 N–H and O–H groups in total. The van der Waals surface area contributed by atoms with Gasteiger partial charge in [-0.05, 0) is 36.1 Å². The van der Waals surface area contributed by atoms with Crippen molar-refractivity contribution in [1.29, 1.82) is 0 Å². The van der Waals surface area contributed by atoms with E-state index in [1.165, 1.54) is 11.1 Å². The van der Waals surface area contributed by atoms with Crippen molar-refractivity contribution in [3.63, 3.8) is 0 Å². The maximum Gasteiger partial charge on any atom is 0.246 e. The SMILES string of the molecule is CCc1cccc(CC)c1NC(N)=NCC(=O)Nc1ccccc1. The van der Waals surface area contributed by atoms with E-state index in [9.17, 15) is 4.79 Å². The lowest BCUT2D eigenvalue weighted by atomic mass is 10.0. The Kier molecular flexibility index (Phi) is 6.37. The zero-order valence-electron chi connectivity index (χ0n) is 14.2. The predicted molar refractivity (Wildman–Crippen MR) is 100 cm³/mol. The van der Waals surface area contributed by atoms with Crippen LogP contribution in [0.15, 0.2) is 53.5 Å². The van der Waals surface area contributed by atoms with Gasteiger partial charge in [0.05, 0.1) is 0 Å². The molecular formula is C19H24N4O. The van der Waals surface area contributed by atoms with Gasteiger partial charge in [-0.3, -0.25) is 4.79 Å². The largest absolute Gasteiger partial charge is 0.370 e. The Morgan fingerprint density at radius 2 is 1.58 bits per heavy atom. The number of nitrogens with zero attached hydrogens (tertiary/aromatic N) is 1. The molecule has 2 aromatic rings. The molecule has 0 fully saturated rings. The normalized spacial score (nSPS) is 11.2. The fraction of sp³-hybridized carbons (Fsp3) is 0.263. The number of carbonyl (C=O) groups excluding carboxylic acids is 1.